The van der Waals surface area contributed by atoms with E-state index < -0.39 is 0 Å². The zero-order valence-electron chi connectivity index (χ0n) is 10.8. The van der Waals surface area contributed by atoms with Crippen molar-refractivity contribution in [1.29, 1.82) is 0 Å². The van der Waals surface area contributed by atoms with Crippen molar-refractivity contribution in [3.05, 3.63) is 30.6 Å². The summed E-state index contributed by atoms with van der Waals surface area (Å²) in [6.45, 7) is 0. The normalized spacial score (nSPS) is 23.4. The largest absolute Gasteiger partial charge is 0.398 e. The number of nitrogens with one attached hydrogen (secondary N) is 1. The summed E-state index contributed by atoms with van der Waals surface area (Å²) in [6, 6.07) is 6.38. The van der Waals surface area contributed by atoms with Crippen LogP contribution in [0.2, 0.25) is 0 Å². The Balaban J connectivity index is 1.87. The van der Waals surface area contributed by atoms with E-state index in [1.807, 2.05) is 18.2 Å². The lowest BCUT2D eigenvalue weighted by molar-refractivity contribution is 0.126. The minimum Gasteiger partial charge on any atom is -0.398 e. The van der Waals surface area contributed by atoms with Crippen LogP contribution in [0.3, 0.4) is 0 Å². The predicted octanol–water partition coefficient (Wildman–Crippen LogP) is 2.53. The van der Waals surface area contributed by atoms with E-state index in [4.69, 9.17) is 5.73 Å². The van der Waals surface area contributed by atoms with E-state index in [1.54, 1.807) is 12.4 Å². The smallest absolute Gasteiger partial charge is 0.0541 e. The summed E-state index contributed by atoms with van der Waals surface area (Å²) in [5.41, 5.74) is 7.84. The number of hydrogen-bond acceptors (Lipinski definition) is 4. The van der Waals surface area contributed by atoms with Crippen LogP contribution < -0.4 is 11.1 Å². The number of nitrogens with zero attached hydrogens (tertiary/aromatic N) is 1. The lowest BCUT2D eigenvalue weighted by Gasteiger charge is -2.27. The monoisotopic (exact) mass is 257 g/mol. The van der Waals surface area contributed by atoms with Crippen molar-refractivity contribution in [2.24, 2.45) is 0 Å². The second-order valence-electron chi connectivity index (χ2n) is 5.27. The molecule has 0 amide bonds. The number of nitrogen functional groups attached to an aromatic ring is 1. The van der Waals surface area contributed by atoms with Crippen molar-refractivity contribution >= 4 is 22.1 Å². The van der Waals surface area contributed by atoms with Crippen LogP contribution in [0.4, 0.5) is 11.4 Å². The molecule has 1 fully saturated rings. The van der Waals surface area contributed by atoms with Crippen LogP contribution in [0.15, 0.2) is 30.6 Å². The first kappa shape index (κ1) is 12.2. The van der Waals surface area contributed by atoms with Gasteiger partial charge in [0.15, 0.2) is 0 Å². The van der Waals surface area contributed by atoms with E-state index in [1.165, 1.54) is 0 Å². The van der Waals surface area contributed by atoms with Gasteiger partial charge >= 0.3 is 0 Å². The quantitative estimate of drug-likeness (QED) is 0.723. The van der Waals surface area contributed by atoms with Crippen LogP contribution in [0, 0.1) is 0 Å². The predicted molar refractivity (Wildman–Crippen MR) is 78.0 cm³/mol. The number of benzene rings is 1. The lowest BCUT2D eigenvalue weighted by Crippen LogP contribution is -2.28. The summed E-state index contributed by atoms with van der Waals surface area (Å²) in [5.74, 6) is 0. The second-order valence-corrected chi connectivity index (χ2v) is 5.27. The Hall–Kier alpha value is -1.81. The highest BCUT2D eigenvalue weighted by atomic mass is 16.3. The fourth-order valence-electron chi connectivity index (χ4n) is 2.78. The van der Waals surface area contributed by atoms with Crippen molar-refractivity contribution in [2.75, 3.05) is 11.1 Å². The molecule has 0 atom stereocenters. The van der Waals surface area contributed by atoms with E-state index in [0.29, 0.717) is 6.04 Å². The van der Waals surface area contributed by atoms with Gasteiger partial charge in [-0.1, -0.05) is 0 Å². The molecule has 0 aliphatic heterocycles. The summed E-state index contributed by atoms with van der Waals surface area (Å²) in [5, 5.41) is 15.2. The van der Waals surface area contributed by atoms with Crippen LogP contribution in [0.25, 0.3) is 10.8 Å². The van der Waals surface area contributed by atoms with Crippen molar-refractivity contribution in [3.63, 3.8) is 0 Å². The van der Waals surface area contributed by atoms with Gasteiger partial charge in [-0.15, -0.1) is 0 Å². The molecule has 0 saturated heterocycles. The Morgan fingerprint density at radius 3 is 2.68 bits per heavy atom. The molecule has 0 unspecified atom stereocenters. The second kappa shape index (κ2) is 5.05. The fraction of sp³-hybridized carbons (Fsp3) is 0.400. The molecular formula is C15H19N3O. The third-order valence-electron chi connectivity index (χ3n) is 3.91. The molecule has 4 nitrogen and oxygen atoms in total. The highest BCUT2D eigenvalue weighted by molar-refractivity contribution is 6.00. The zero-order valence-corrected chi connectivity index (χ0v) is 10.8. The lowest BCUT2D eigenvalue weighted by atomic mass is 9.93. The number of aromatic nitrogens is 1. The molecule has 19 heavy (non-hydrogen) atoms. The Morgan fingerprint density at radius 1 is 1.11 bits per heavy atom. The molecule has 1 aliphatic carbocycles. The molecule has 0 spiro atoms. The van der Waals surface area contributed by atoms with Crippen molar-refractivity contribution in [2.45, 2.75) is 37.8 Å². The molecule has 3 rings (SSSR count). The van der Waals surface area contributed by atoms with Gasteiger partial charge in [0.25, 0.3) is 0 Å². The topological polar surface area (TPSA) is 71.2 Å². The Labute approximate surface area is 112 Å². The minimum atomic E-state index is -0.120. The van der Waals surface area contributed by atoms with E-state index in [-0.39, 0.29) is 6.10 Å². The number of anilines is 2. The van der Waals surface area contributed by atoms with E-state index in [9.17, 15) is 5.11 Å². The third kappa shape index (κ3) is 2.49. The van der Waals surface area contributed by atoms with Gasteiger partial charge in [-0.05, 0) is 43.9 Å². The zero-order chi connectivity index (χ0) is 13.2. The molecule has 1 aromatic heterocycles. The summed E-state index contributed by atoms with van der Waals surface area (Å²) in [6.07, 6.45) is 7.26. The minimum absolute atomic E-state index is 0.120. The van der Waals surface area contributed by atoms with Gasteiger partial charge in [0.2, 0.25) is 0 Å². The molecule has 100 valence electrons. The van der Waals surface area contributed by atoms with Gasteiger partial charge in [0.05, 0.1) is 6.10 Å². The Morgan fingerprint density at radius 2 is 1.89 bits per heavy atom. The molecule has 4 N–H and O–H groups in total. The maximum atomic E-state index is 9.55. The molecule has 4 heteroatoms. The van der Waals surface area contributed by atoms with Gasteiger partial charge in [-0.2, -0.15) is 0 Å². The standard InChI is InChI=1S/C15H19N3O/c16-14-5-6-15(12-7-8-17-9-13(12)14)18-10-1-3-11(19)4-2-10/h5-11,18-19H,1-4,16H2. The van der Waals surface area contributed by atoms with Crippen LogP contribution in [0.5, 0.6) is 0 Å². The highest BCUT2D eigenvalue weighted by Gasteiger charge is 2.19. The van der Waals surface area contributed by atoms with Gasteiger partial charge < -0.3 is 16.2 Å². The van der Waals surface area contributed by atoms with Crippen LogP contribution in [-0.2, 0) is 0 Å². The average Bonchev–Trinajstić information content (AvgIpc) is 2.45. The third-order valence-corrected chi connectivity index (χ3v) is 3.91. The highest BCUT2D eigenvalue weighted by Crippen LogP contribution is 2.30. The van der Waals surface area contributed by atoms with Crippen molar-refractivity contribution in [1.82, 2.24) is 4.98 Å². The van der Waals surface area contributed by atoms with Gasteiger partial charge in [0.1, 0.15) is 0 Å². The first-order chi connectivity index (χ1) is 9.24. The first-order valence-electron chi connectivity index (χ1n) is 6.81. The van der Waals surface area contributed by atoms with E-state index >= 15 is 0 Å². The van der Waals surface area contributed by atoms with Crippen LogP contribution in [-0.4, -0.2) is 22.2 Å². The Kier molecular flexibility index (Phi) is 3.25. The number of rotatable bonds is 2. The molecule has 1 heterocycles. The number of pyridine rings is 1. The molecule has 0 radical (unpaired) electrons. The molecule has 0 bridgehead atoms. The molecule has 2 aromatic rings. The summed E-state index contributed by atoms with van der Waals surface area (Å²) < 4.78 is 0. The van der Waals surface area contributed by atoms with Crippen molar-refractivity contribution < 1.29 is 5.11 Å². The first-order valence-corrected chi connectivity index (χ1v) is 6.81. The van der Waals surface area contributed by atoms with Crippen LogP contribution >= 0.6 is 0 Å². The molecule has 1 aliphatic rings. The maximum absolute atomic E-state index is 9.55. The number of aliphatic hydroxyl groups excluding tert-OH is 1. The molecule has 1 aromatic carbocycles. The van der Waals surface area contributed by atoms with Gasteiger partial charge in [-0.25, -0.2) is 0 Å². The number of hydrogen-bond donors (Lipinski definition) is 3. The summed E-state index contributed by atoms with van der Waals surface area (Å²) >= 11 is 0. The van der Waals surface area contributed by atoms with E-state index in [2.05, 4.69) is 10.3 Å². The maximum Gasteiger partial charge on any atom is 0.0541 e. The van der Waals surface area contributed by atoms with E-state index in [0.717, 1.165) is 47.8 Å². The van der Waals surface area contributed by atoms with Gasteiger partial charge in [-0.3, -0.25) is 4.98 Å². The Bertz CT molecular complexity index is 577. The van der Waals surface area contributed by atoms with Crippen LogP contribution in [0.1, 0.15) is 25.7 Å². The number of nitrogens with two attached hydrogens (primary N) is 1. The summed E-state index contributed by atoms with van der Waals surface area (Å²) in [4.78, 5) is 4.13. The number of aliphatic hydroxyl groups is 1. The molecule has 1 saturated carbocycles. The van der Waals surface area contributed by atoms with Gasteiger partial charge in [0, 0.05) is 40.6 Å². The SMILES string of the molecule is Nc1ccc(NC2CCC(O)CC2)c2ccncc12. The number of fused-ring (bicyclic) bond motifs is 1. The molecular weight excluding hydrogens is 238 g/mol. The fourth-order valence-corrected chi connectivity index (χ4v) is 2.78. The van der Waals surface area contributed by atoms with Crippen molar-refractivity contribution in [3.8, 4) is 0 Å². The average molecular weight is 257 g/mol. The summed E-state index contributed by atoms with van der Waals surface area (Å²) in [7, 11) is 0.